The molecule has 0 amide bonds. The Kier molecular flexibility index (Phi) is 6.77. The van der Waals surface area contributed by atoms with Crippen molar-refractivity contribution in [2.45, 2.75) is 39.7 Å². The van der Waals surface area contributed by atoms with Crippen LogP contribution in [0.3, 0.4) is 0 Å². The summed E-state index contributed by atoms with van der Waals surface area (Å²) in [6, 6.07) is 0. The highest BCUT2D eigenvalue weighted by atomic mass is 16.1. The minimum atomic E-state index is 0.149. The Balaban J connectivity index is 3.98. The molecule has 3 heteroatoms. The van der Waals surface area contributed by atoms with Crippen LogP contribution in [-0.2, 0) is 4.79 Å². The summed E-state index contributed by atoms with van der Waals surface area (Å²) in [7, 11) is 1.95. The SMILES string of the molecule is CNCC(CNC(C)(C)C)CC(C)C=O. The molecule has 0 aliphatic carbocycles. The fourth-order valence-electron chi connectivity index (χ4n) is 1.56. The molecular weight excluding hydrogens is 188 g/mol. The van der Waals surface area contributed by atoms with Crippen molar-refractivity contribution < 1.29 is 4.79 Å². The molecule has 2 unspecified atom stereocenters. The van der Waals surface area contributed by atoms with Crippen molar-refractivity contribution >= 4 is 6.29 Å². The molecule has 0 aliphatic rings. The lowest BCUT2D eigenvalue weighted by Crippen LogP contribution is -2.41. The first kappa shape index (κ1) is 14.6. The van der Waals surface area contributed by atoms with Crippen molar-refractivity contribution in [3.63, 3.8) is 0 Å². The number of hydrogen-bond donors (Lipinski definition) is 2. The van der Waals surface area contributed by atoms with Crippen LogP contribution in [0.2, 0.25) is 0 Å². The van der Waals surface area contributed by atoms with Crippen molar-refractivity contribution in [3.05, 3.63) is 0 Å². The van der Waals surface area contributed by atoms with E-state index in [9.17, 15) is 4.79 Å². The molecule has 0 saturated carbocycles. The molecule has 0 fully saturated rings. The monoisotopic (exact) mass is 214 g/mol. The maximum Gasteiger partial charge on any atom is 0.122 e. The molecule has 90 valence electrons. The molecule has 0 radical (unpaired) electrons. The Morgan fingerprint density at radius 3 is 2.27 bits per heavy atom. The van der Waals surface area contributed by atoms with E-state index in [1.807, 2.05) is 14.0 Å². The van der Waals surface area contributed by atoms with E-state index in [1.54, 1.807) is 0 Å². The minimum absolute atomic E-state index is 0.149. The van der Waals surface area contributed by atoms with Crippen LogP contribution in [0, 0.1) is 11.8 Å². The summed E-state index contributed by atoms with van der Waals surface area (Å²) in [4.78, 5) is 10.6. The van der Waals surface area contributed by atoms with E-state index in [0.29, 0.717) is 5.92 Å². The number of carbonyl (C=O) groups excluding carboxylic acids is 1. The van der Waals surface area contributed by atoms with Crippen LogP contribution in [0.25, 0.3) is 0 Å². The summed E-state index contributed by atoms with van der Waals surface area (Å²) in [6.45, 7) is 10.4. The van der Waals surface area contributed by atoms with E-state index in [-0.39, 0.29) is 11.5 Å². The van der Waals surface area contributed by atoms with E-state index in [1.165, 1.54) is 0 Å². The lowest BCUT2D eigenvalue weighted by Gasteiger charge is -2.26. The molecule has 0 heterocycles. The number of carbonyl (C=O) groups is 1. The second-order valence-corrected chi connectivity index (χ2v) is 5.40. The van der Waals surface area contributed by atoms with Crippen molar-refractivity contribution in [2.24, 2.45) is 11.8 Å². The lowest BCUT2D eigenvalue weighted by atomic mass is 9.95. The standard InChI is InChI=1S/C12H26N2O/c1-10(9-15)6-11(7-13-5)8-14-12(2,3)4/h9-11,13-14H,6-8H2,1-5H3. The van der Waals surface area contributed by atoms with Gasteiger partial charge in [0.05, 0.1) is 0 Å². The molecule has 0 aromatic rings. The normalized spacial score (nSPS) is 16.1. The number of hydrogen-bond acceptors (Lipinski definition) is 3. The van der Waals surface area contributed by atoms with Gasteiger partial charge in [-0.05, 0) is 53.2 Å². The Morgan fingerprint density at radius 2 is 1.87 bits per heavy atom. The molecule has 0 aromatic carbocycles. The van der Waals surface area contributed by atoms with Gasteiger partial charge in [0.1, 0.15) is 6.29 Å². The predicted molar refractivity (Wildman–Crippen MR) is 65.0 cm³/mol. The van der Waals surface area contributed by atoms with E-state index in [4.69, 9.17) is 0 Å². The van der Waals surface area contributed by atoms with Gasteiger partial charge in [0.25, 0.3) is 0 Å². The zero-order chi connectivity index (χ0) is 11.9. The maximum atomic E-state index is 10.6. The first-order chi connectivity index (χ1) is 6.89. The largest absolute Gasteiger partial charge is 0.319 e. The molecule has 0 bridgehead atoms. The summed E-state index contributed by atoms with van der Waals surface area (Å²) in [5.74, 6) is 0.680. The zero-order valence-corrected chi connectivity index (χ0v) is 10.8. The van der Waals surface area contributed by atoms with Crippen molar-refractivity contribution in [2.75, 3.05) is 20.1 Å². The number of nitrogens with one attached hydrogen (secondary N) is 2. The van der Waals surface area contributed by atoms with Gasteiger partial charge in [-0.25, -0.2) is 0 Å². The van der Waals surface area contributed by atoms with E-state index >= 15 is 0 Å². The summed E-state index contributed by atoms with van der Waals surface area (Å²) in [6.07, 6.45) is 1.99. The van der Waals surface area contributed by atoms with E-state index in [2.05, 4.69) is 31.4 Å². The third kappa shape index (κ3) is 8.58. The fourth-order valence-corrected chi connectivity index (χ4v) is 1.56. The van der Waals surface area contributed by atoms with Gasteiger partial charge in [-0.2, -0.15) is 0 Å². The lowest BCUT2D eigenvalue weighted by molar-refractivity contribution is -0.111. The van der Waals surface area contributed by atoms with Crippen molar-refractivity contribution in [1.82, 2.24) is 10.6 Å². The topological polar surface area (TPSA) is 41.1 Å². The second kappa shape index (κ2) is 6.96. The molecule has 0 saturated heterocycles. The van der Waals surface area contributed by atoms with E-state index in [0.717, 1.165) is 25.8 Å². The molecule has 3 nitrogen and oxygen atoms in total. The molecule has 15 heavy (non-hydrogen) atoms. The Hall–Kier alpha value is -0.410. The van der Waals surface area contributed by atoms with Gasteiger partial charge < -0.3 is 15.4 Å². The number of aldehydes is 1. The molecule has 0 aliphatic heterocycles. The number of rotatable bonds is 7. The molecule has 0 aromatic heterocycles. The Bertz CT molecular complexity index is 175. The predicted octanol–water partition coefficient (Wildman–Crippen LogP) is 1.44. The van der Waals surface area contributed by atoms with Crippen LogP contribution < -0.4 is 10.6 Å². The third-order valence-electron chi connectivity index (χ3n) is 2.35. The first-order valence-electron chi connectivity index (χ1n) is 5.74. The van der Waals surface area contributed by atoms with Gasteiger partial charge in [-0.3, -0.25) is 0 Å². The van der Waals surface area contributed by atoms with Crippen LogP contribution in [0.1, 0.15) is 34.1 Å². The molecule has 2 atom stereocenters. The minimum Gasteiger partial charge on any atom is -0.319 e. The summed E-state index contributed by atoms with van der Waals surface area (Å²) in [5.41, 5.74) is 0.149. The average molecular weight is 214 g/mol. The highest BCUT2D eigenvalue weighted by molar-refractivity contribution is 5.52. The van der Waals surface area contributed by atoms with Crippen LogP contribution in [0.4, 0.5) is 0 Å². The molecule has 0 rings (SSSR count). The van der Waals surface area contributed by atoms with Crippen LogP contribution in [0.15, 0.2) is 0 Å². The van der Waals surface area contributed by atoms with Gasteiger partial charge in [0.2, 0.25) is 0 Å². The Morgan fingerprint density at radius 1 is 1.27 bits per heavy atom. The van der Waals surface area contributed by atoms with Gasteiger partial charge >= 0.3 is 0 Å². The Labute approximate surface area is 94.0 Å². The highest BCUT2D eigenvalue weighted by Crippen LogP contribution is 2.10. The van der Waals surface area contributed by atoms with Crippen LogP contribution in [-0.4, -0.2) is 32.0 Å². The first-order valence-corrected chi connectivity index (χ1v) is 5.74. The zero-order valence-electron chi connectivity index (χ0n) is 10.8. The molecule has 0 spiro atoms. The van der Waals surface area contributed by atoms with Gasteiger partial charge in [0, 0.05) is 11.5 Å². The molecule has 2 N–H and O–H groups in total. The maximum absolute atomic E-state index is 10.6. The van der Waals surface area contributed by atoms with E-state index < -0.39 is 0 Å². The fraction of sp³-hybridized carbons (Fsp3) is 0.917. The smallest absolute Gasteiger partial charge is 0.122 e. The van der Waals surface area contributed by atoms with Crippen molar-refractivity contribution in [3.8, 4) is 0 Å². The summed E-state index contributed by atoms with van der Waals surface area (Å²) >= 11 is 0. The highest BCUT2D eigenvalue weighted by Gasteiger charge is 2.15. The second-order valence-electron chi connectivity index (χ2n) is 5.40. The van der Waals surface area contributed by atoms with Gasteiger partial charge in [0.15, 0.2) is 0 Å². The van der Waals surface area contributed by atoms with Gasteiger partial charge in [-0.15, -0.1) is 0 Å². The average Bonchev–Trinajstić information content (AvgIpc) is 2.13. The third-order valence-corrected chi connectivity index (χ3v) is 2.35. The molecular formula is C12H26N2O. The summed E-state index contributed by atoms with van der Waals surface area (Å²) in [5, 5.41) is 6.66. The summed E-state index contributed by atoms with van der Waals surface area (Å²) < 4.78 is 0. The van der Waals surface area contributed by atoms with Gasteiger partial charge in [-0.1, -0.05) is 6.92 Å². The van der Waals surface area contributed by atoms with Crippen LogP contribution >= 0.6 is 0 Å². The van der Waals surface area contributed by atoms with Crippen molar-refractivity contribution in [1.29, 1.82) is 0 Å². The van der Waals surface area contributed by atoms with Crippen LogP contribution in [0.5, 0.6) is 0 Å². The quantitative estimate of drug-likeness (QED) is 0.630.